The molecule has 0 aliphatic carbocycles. The van der Waals surface area contributed by atoms with Crippen LogP contribution in [-0.2, 0) is 43.0 Å². The maximum Gasteiger partial charge on any atom is 0.317 e. The number of carboxylic acid groups (broad SMARTS) is 3. The Morgan fingerprint density at radius 2 is 0.854 bits per heavy atom. The van der Waals surface area contributed by atoms with Crippen molar-refractivity contribution in [3.05, 3.63) is 0 Å². The van der Waals surface area contributed by atoms with Crippen LogP contribution in [0.1, 0.15) is 25.7 Å². The van der Waals surface area contributed by atoms with Crippen LogP contribution in [0.2, 0.25) is 0 Å². The lowest BCUT2D eigenvalue weighted by atomic mass is 10.3. The van der Waals surface area contributed by atoms with Crippen LogP contribution in [0.5, 0.6) is 0 Å². The Morgan fingerprint density at radius 1 is 0.521 bits per heavy atom. The Balaban J connectivity index is 2.32. The lowest BCUT2D eigenvalue weighted by Crippen LogP contribution is -2.49. The molecule has 18 nitrogen and oxygen atoms in total. The van der Waals surface area contributed by atoms with Crippen LogP contribution in [-0.4, -0.2) is 202 Å². The summed E-state index contributed by atoms with van der Waals surface area (Å²) in [5.74, 6) is -3.40. The van der Waals surface area contributed by atoms with Crippen LogP contribution in [0.4, 0.5) is 0 Å². The zero-order chi connectivity index (χ0) is 35.4. The van der Waals surface area contributed by atoms with Gasteiger partial charge in [-0.3, -0.25) is 43.6 Å². The molecule has 48 heavy (non-hydrogen) atoms. The van der Waals surface area contributed by atoms with E-state index in [2.05, 4.69) is 10.6 Å². The fourth-order valence-corrected chi connectivity index (χ4v) is 4.67. The van der Waals surface area contributed by atoms with Gasteiger partial charge in [0.2, 0.25) is 11.8 Å². The van der Waals surface area contributed by atoms with Gasteiger partial charge in [0.15, 0.2) is 0 Å². The van der Waals surface area contributed by atoms with Crippen LogP contribution in [0.3, 0.4) is 0 Å². The van der Waals surface area contributed by atoms with E-state index in [-0.39, 0.29) is 50.8 Å². The van der Waals surface area contributed by atoms with Gasteiger partial charge < -0.3 is 45.0 Å². The molecule has 1 rings (SSSR count). The molecule has 2 amide bonds. The van der Waals surface area contributed by atoms with Crippen molar-refractivity contribution in [2.45, 2.75) is 25.7 Å². The first-order valence-electron chi connectivity index (χ1n) is 16.3. The van der Waals surface area contributed by atoms with Crippen LogP contribution in [0, 0.1) is 0 Å². The van der Waals surface area contributed by atoms with Crippen molar-refractivity contribution in [2.75, 3.05) is 131 Å². The van der Waals surface area contributed by atoms with Crippen molar-refractivity contribution in [1.82, 2.24) is 30.2 Å². The predicted octanol–water partition coefficient (Wildman–Crippen LogP) is -2.50. The molecule has 0 atom stereocenters. The Morgan fingerprint density at radius 3 is 1.21 bits per heavy atom. The molecule has 1 saturated heterocycles. The standard InChI is InChI=1S/C30H54N6O12/c37-15-1-4-26(38)31-5-2-16-46-18-20-48-21-19-47-17-3-6-32-27(39)22-33-7-9-34(23-28(40)41)11-13-36(25-30(44)45)14-12-35(10-8-33)24-29(42)43/h15H,1-14,16-25H2,(H,31,38)(H,32,39)(H,40,41)(H,42,43)(H,44,45). The molecule has 0 bridgehead atoms. The third-order valence-corrected chi connectivity index (χ3v) is 7.18. The number of carboxylic acids is 3. The number of carbonyl (C=O) groups is 6. The number of carbonyl (C=O) groups excluding carboxylic acids is 3. The lowest BCUT2D eigenvalue weighted by molar-refractivity contribution is -0.140. The van der Waals surface area contributed by atoms with Crippen LogP contribution < -0.4 is 10.6 Å². The Hall–Kier alpha value is -3.26. The van der Waals surface area contributed by atoms with E-state index in [1.165, 1.54) is 0 Å². The quantitative estimate of drug-likeness (QED) is 0.0493. The number of amides is 2. The van der Waals surface area contributed by atoms with E-state index in [1.807, 2.05) is 4.90 Å². The minimum absolute atomic E-state index is 0.0553. The Labute approximate surface area is 281 Å². The van der Waals surface area contributed by atoms with Gasteiger partial charge in [-0.05, 0) is 12.8 Å². The van der Waals surface area contributed by atoms with Crippen molar-refractivity contribution < 1.29 is 58.3 Å². The van der Waals surface area contributed by atoms with Crippen molar-refractivity contribution in [1.29, 1.82) is 0 Å². The molecule has 0 aromatic heterocycles. The van der Waals surface area contributed by atoms with Gasteiger partial charge in [0, 0.05) is 91.5 Å². The molecule has 1 fully saturated rings. The smallest absolute Gasteiger partial charge is 0.317 e. The summed E-state index contributed by atoms with van der Waals surface area (Å²) in [6, 6.07) is 0. The summed E-state index contributed by atoms with van der Waals surface area (Å²) in [6.07, 6.45) is 2.39. The molecular weight excluding hydrogens is 636 g/mol. The van der Waals surface area contributed by atoms with E-state index < -0.39 is 17.9 Å². The third-order valence-electron chi connectivity index (χ3n) is 7.18. The lowest BCUT2D eigenvalue weighted by Gasteiger charge is -2.32. The van der Waals surface area contributed by atoms with Crippen molar-refractivity contribution in [3.8, 4) is 0 Å². The summed E-state index contributed by atoms with van der Waals surface area (Å²) >= 11 is 0. The highest BCUT2D eigenvalue weighted by molar-refractivity contribution is 5.78. The SMILES string of the molecule is O=CCCC(=O)NCCCOCCOCCOCCCNC(=O)CN1CCN(CC(=O)O)CCN(CC(=O)O)CCN(CC(=O)O)CC1. The summed E-state index contributed by atoms with van der Waals surface area (Å²) in [5, 5.41) is 33.5. The van der Waals surface area contributed by atoms with E-state index in [9.17, 15) is 44.1 Å². The molecule has 0 aromatic carbocycles. The number of nitrogens with one attached hydrogen (secondary N) is 2. The zero-order valence-electron chi connectivity index (χ0n) is 27.9. The first kappa shape index (κ1) is 42.8. The summed E-state index contributed by atoms with van der Waals surface area (Å²) < 4.78 is 16.4. The van der Waals surface area contributed by atoms with Gasteiger partial charge >= 0.3 is 17.9 Å². The van der Waals surface area contributed by atoms with Gasteiger partial charge in [-0.2, -0.15) is 0 Å². The van der Waals surface area contributed by atoms with Gasteiger partial charge in [0.1, 0.15) is 6.29 Å². The number of nitrogens with zero attached hydrogens (tertiary/aromatic N) is 4. The summed E-state index contributed by atoms with van der Waals surface area (Å²) in [6.45, 7) is 5.44. The number of ether oxygens (including phenoxy) is 3. The maximum absolute atomic E-state index is 12.7. The minimum atomic E-state index is -1.02. The second-order valence-corrected chi connectivity index (χ2v) is 11.2. The van der Waals surface area contributed by atoms with Crippen LogP contribution in [0.15, 0.2) is 0 Å². The molecule has 1 aliphatic rings. The molecule has 5 N–H and O–H groups in total. The summed E-state index contributed by atoms with van der Waals surface area (Å²) in [5.41, 5.74) is 0. The first-order chi connectivity index (χ1) is 23.1. The summed E-state index contributed by atoms with van der Waals surface area (Å²) in [4.78, 5) is 75.4. The highest BCUT2D eigenvalue weighted by Crippen LogP contribution is 2.02. The van der Waals surface area contributed by atoms with Gasteiger partial charge in [0.05, 0.1) is 52.6 Å². The topological polar surface area (TPSA) is 228 Å². The average molecular weight is 691 g/mol. The monoisotopic (exact) mass is 690 g/mol. The number of aldehydes is 1. The molecular formula is C30H54N6O12. The first-order valence-corrected chi connectivity index (χ1v) is 16.3. The van der Waals surface area contributed by atoms with Crippen molar-refractivity contribution >= 4 is 36.0 Å². The number of hydrogen-bond donors (Lipinski definition) is 5. The van der Waals surface area contributed by atoms with Gasteiger partial charge in [-0.25, -0.2) is 0 Å². The Kier molecular flexibility index (Phi) is 24.6. The zero-order valence-corrected chi connectivity index (χ0v) is 27.9. The number of aliphatic carboxylic acids is 3. The van der Waals surface area contributed by atoms with Gasteiger partial charge in [0.25, 0.3) is 0 Å². The fourth-order valence-electron chi connectivity index (χ4n) is 4.67. The van der Waals surface area contributed by atoms with Crippen LogP contribution in [0.25, 0.3) is 0 Å². The van der Waals surface area contributed by atoms with E-state index >= 15 is 0 Å². The van der Waals surface area contributed by atoms with Crippen LogP contribution >= 0.6 is 0 Å². The normalized spacial score (nSPS) is 16.0. The predicted molar refractivity (Wildman–Crippen MR) is 172 cm³/mol. The van der Waals surface area contributed by atoms with Crippen molar-refractivity contribution in [2.24, 2.45) is 0 Å². The second kappa shape index (κ2) is 27.7. The molecule has 1 aliphatic heterocycles. The summed E-state index contributed by atoms with van der Waals surface area (Å²) in [7, 11) is 0. The molecule has 18 heteroatoms. The van der Waals surface area contributed by atoms with E-state index in [4.69, 9.17) is 14.2 Å². The average Bonchev–Trinajstić information content (AvgIpc) is 3.02. The molecule has 0 saturated carbocycles. The largest absolute Gasteiger partial charge is 0.480 e. The highest BCUT2D eigenvalue weighted by atomic mass is 16.5. The molecule has 0 aromatic rings. The molecule has 0 unspecified atom stereocenters. The van der Waals surface area contributed by atoms with Gasteiger partial charge in [-0.15, -0.1) is 0 Å². The fraction of sp³-hybridized carbons (Fsp3) is 0.800. The molecule has 0 radical (unpaired) electrons. The van der Waals surface area contributed by atoms with Gasteiger partial charge in [-0.1, -0.05) is 0 Å². The van der Waals surface area contributed by atoms with Crippen molar-refractivity contribution in [3.63, 3.8) is 0 Å². The molecule has 1 heterocycles. The van der Waals surface area contributed by atoms with E-state index in [0.717, 1.165) is 0 Å². The molecule has 0 spiro atoms. The second-order valence-electron chi connectivity index (χ2n) is 11.2. The van der Waals surface area contributed by atoms with E-state index in [0.29, 0.717) is 124 Å². The maximum atomic E-state index is 12.7. The minimum Gasteiger partial charge on any atom is -0.480 e. The highest BCUT2D eigenvalue weighted by Gasteiger charge is 2.21. The Bertz CT molecular complexity index is 927. The number of hydrogen-bond acceptors (Lipinski definition) is 13. The molecule has 276 valence electrons. The third kappa shape index (κ3) is 24.9. The number of rotatable bonds is 25. The van der Waals surface area contributed by atoms with E-state index in [1.54, 1.807) is 14.7 Å².